The molecule has 1 aliphatic heterocycles. The summed E-state index contributed by atoms with van der Waals surface area (Å²) in [5, 5.41) is 5.61. The maximum absolute atomic E-state index is 12.7. The van der Waals surface area contributed by atoms with Crippen molar-refractivity contribution in [3.63, 3.8) is 0 Å². The van der Waals surface area contributed by atoms with Crippen LogP contribution in [0.3, 0.4) is 0 Å². The van der Waals surface area contributed by atoms with Crippen LogP contribution >= 0.6 is 0 Å². The molecular weight excluding hydrogens is 344 g/mol. The van der Waals surface area contributed by atoms with Crippen molar-refractivity contribution in [1.82, 2.24) is 0 Å². The number of ether oxygens (including phenoxy) is 2. The van der Waals surface area contributed by atoms with E-state index < -0.39 is 11.3 Å². The van der Waals surface area contributed by atoms with Crippen molar-refractivity contribution < 1.29 is 19.1 Å². The zero-order valence-electron chi connectivity index (χ0n) is 16.0. The number of hydrogen-bond donors (Lipinski definition) is 2. The van der Waals surface area contributed by atoms with Crippen LogP contribution in [-0.4, -0.2) is 25.0 Å². The standard InChI is InChI=1S/C21H24N2O4/c1-13-5-6-15(11-14(13)2)22-19(24)21(3,4)20(25)23-16-7-8-17-18(12-16)27-10-9-26-17/h5-8,11-12H,9-10H2,1-4H3,(H,22,24)(H,23,25). The molecule has 2 aromatic rings. The Morgan fingerprint density at radius 3 is 2.00 bits per heavy atom. The molecule has 0 aromatic heterocycles. The quantitative estimate of drug-likeness (QED) is 0.807. The van der Waals surface area contributed by atoms with Crippen LogP contribution in [0.4, 0.5) is 11.4 Å². The highest BCUT2D eigenvalue weighted by molar-refractivity contribution is 6.14. The summed E-state index contributed by atoms with van der Waals surface area (Å²) in [6, 6.07) is 10.8. The Morgan fingerprint density at radius 1 is 0.815 bits per heavy atom. The van der Waals surface area contributed by atoms with Crippen LogP contribution in [0.1, 0.15) is 25.0 Å². The number of aryl methyl sites for hydroxylation is 2. The molecule has 0 unspecified atom stereocenters. The second-order valence-electron chi connectivity index (χ2n) is 7.19. The van der Waals surface area contributed by atoms with E-state index in [-0.39, 0.29) is 5.91 Å². The van der Waals surface area contributed by atoms with Crippen LogP contribution in [0.5, 0.6) is 11.5 Å². The number of benzene rings is 2. The summed E-state index contributed by atoms with van der Waals surface area (Å²) < 4.78 is 11.0. The largest absolute Gasteiger partial charge is 0.486 e. The van der Waals surface area contributed by atoms with Crippen molar-refractivity contribution in [2.24, 2.45) is 5.41 Å². The smallest absolute Gasteiger partial charge is 0.239 e. The number of anilines is 2. The van der Waals surface area contributed by atoms with Gasteiger partial charge in [-0.2, -0.15) is 0 Å². The minimum absolute atomic E-state index is 0.374. The molecule has 6 heteroatoms. The summed E-state index contributed by atoms with van der Waals surface area (Å²) in [5.41, 5.74) is 2.18. The van der Waals surface area contributed by atoms with Crippen LogP contribution < -0.4 is 20.1 Å². The Kier molecular flexibility index (Phi) is 5.08. The summed E-state index contributed by atoms with van der Waals surface area (Å²) in [6.45, 7) is 8.14. The van der Waals surface area contributed by atoms with Gasteiger partial charge in [-0.05, 0) is 63.1 Å². The molecule has 6 nitrogen and oxygen atoms in total. The van der Waals surface area contributed by atoms with Gasteiger partial charge >= 0.3 is 0 Å². The summed E-state index contributed by atoms with van der Waals surface area (Å²) >= 11 is 0. The monoisotopic (exact) mass is 368 g/mol. The average Bonchev–Trinajstić information content (AvgIpc) is 2.64. The summed E-state index contributed by atoms with van der Waals surface area (Å²) in [4.78, 5) is 25.4. The zero-order chi connectivity index (χ0) is 19.6. The molecule has 0 saturated carbocycles. The lowest BCUT2D eigenvalue weighted by Gasteiger charge is -2.24. The molecule has 0 atom stereocenters. The number of fused-ring (bicyclic) bond motifs is 1. The lowest BCUT2D eigenvalue weighted by Crippen LogP contribution is -2.41. The van der Waals surface area contributed by atoms with Crippen LogP contribution in [0, 0.1) is 19.3 Å². The Bertz CT molecular complexity index is 890. The third-order valence-corrected chi connectivity index (χ3v) is 4.70. The number of carbonyl (C=O) groups excluding carboxylic acids is 2. The molecule has 0 bridgehead atoms. The lowest BCUT2D eigenvalue weighted by atomic mass is 9.90. The van der Waals surface area contributed by atoms with E-state index in [1.807, 2.05) is 32.0 Å². The van der Waals surface area contributed by atoms with Gasteiger partial charge in [0.1, 0.15) is 18.6 Å². The summed E-state index contributed by atoms with van der Waals surface area (Å²) in [5.74, 6) is 0.448. The van der Waals surface area contributed by atoms with Gasteiger partial charge in [-0.3, -0.25) is 9.59 Å². The minimum Gasteiger partial charge on any atom is -0.486 e. The van der Waals surface area contributed by atoms with E-state index in [9.17, 15) is 9.59 Å². The third-order valence-electron chi connectivity index (χ3n) is 4.70. The van der Waals surface area contributed by atoms with Gasteiger partial charge in [0.05, 0.1) is 0 Å². The molecule has 1 aliphatic rings. The first-order valence-corrected chi connectivity index (χ1v) is 8.87. The molecule has 27 heavy (non-hydrogen) atoms. The Hall–Kier alpha value is -3.02. The summed E-state index contributed by atoms with van der Waals surface area (Å²) in [6.07, 6.45) is 0. The van der Waals surface area contributed by atoms with Crippen molar-refractivity contribution in [2.75, 3.05) is 23.8 Å². The molecule has 2 amide bonds. The van der Waals surface area contributed by atoms with Gasteiger partial charge in [0.2, 0.25) is 11.8 Å². The number of nitrogens with one attached hydrogen (secondary N) is 2. The molecule has 3 rings (SSSR count). The highest BCUT2D eigenvalue weighted by Crippen LogP contribution is 2.33. The number of hydrogen-bond acceptors (Lipinski definition) is 4. The molecule has 0 saturated heterocycles. The van der Waals surface area contributed by atoms with Crippen molar-refractivity contribution >= 4 is 23.2 Å². The van der Waals surface area contributed by atoms with Crippen molar-refractivity contribution in [2.45, 2.75) is 27.7 Å². The number of carbonyl (C=O) groups is 2. The number of amides is 2. The molecule has 0 aliphatic carbocycles. The highest BCUT2D eigenvalue weighted by Gasteiger charge is 2.36. The summed E-state index contributed by atoms with van der Waals surface area (Å²) in [7, 11) is 0. The highest BCUT2D eigenvalue weighted by atomic mass is 16.6. The Morgan fingerprint density at radius 2 is 1.37 bits per heavy atom. The molecule has 2 N–H and O–H groups in total. The zero-order valence-corrected chi connectivity index (χ0v) is 16.0. The van der Waals surface area contributed by atoms with Gasteiger partial charge in [0, 0.05) is 17.4 Å². The molecule has 0 fully saturated rings. The van der Waals surface area contributed by atoms with Crippen molar-refractivity contribution in [3.8, 4) is 11.5 Å². The topological polar surface area (TPSA) is 76.7 Å². The van der Waals surface area contributed by atoms with Gasteiger partial charge in [-0.15, -0.1) is 0 Å². The predicted octanol–water partition coefficient (Wildman–Crippen LogP) is 3.68. The first-order chi connectivity index (χ1) is 12.8. The van der Waals surface area contributed by atoms with E-state index in [0.717, 1.165) is 11.1 Å². The molecule has 2 aromatic carbocycles. The van der Waals surface area contributed by atoms with Crippen molar-refractivity contribution in [3.05, 3.63) is 47.5 Å². The molecular formula is C21H24N2O4. The van der Waals surface area contributed by atoms with E-state index in [0.29, 0.717) is 36.1 Å². The second-order valence-corrected chi connectivity index (χ2v) is 7.19. The van der Waals surface area contributed by atoms with Crippen LogP contribution in [0.2, 0.25) is 0 Å². The van der Waals surface area contributed by atoms with E-state index >= 15 is 0 Å². The fourth-order valence-electron chi connectivity index (χ4n) is 2.62. The predicted molar refractivity (Wildman–Crippen MR) is 104 cm³/mol. The minimum atomic E-state index is -1.26. The lowest BCUT2D eigenvalue weighted by molar-refractivity contribution is -0.135. The Balaban J connectivity index is 1.70. The first kappa shape index (κ1) is 18.8. The third kappa shape index (κ3) is 4.05. The van der Waals surface area contributed by atoms with Gasteiger partial charge in [0.25, 0.3) is 0 Å². The molecule has 1 heterocycles. The van der Waals surface area contributed by atoms with E-state index in [1.54, 1.807) is 32.0 Å². The molecule has 0 radical (unpaired) electrons. The van der Waals surface area contributed by atoms with Crippen molar-refractivity contribution in [1.29, 1.82) is 0 Å². The molecule has 0 spiro atoms. The fourth-order valence-corrected chi connectivity index (χ4v) is 2.62. The average molecular weight is 368 g/mol. The van der Waals surface area contributed by atoms with Crippen LogP contribution in [0.25, 0.3) is 0 Å². The first-order valence-electron chi connectivity index (χ1n) is 8.87. The second kappa shape index (κ2) is 7.31. The van der Waals surface area contributed by atoms with Gasteiger partial charge in [0.15, 0.2) is 11.5 Å². The Labute approximate surface area is 158 Å². The fraction of sp³-hybridized carbons (Fsp3) is 0.333. The van der Waals surface area contributed by atoms with Gasteiger partial charge < -0.3 is 20.1 Å². The maximum Gasteiger partial charge on any atom is 0.239 e. The van der Waals surface area contributed by atoms with E-state index in [4.69, 9.17) is 9.47 Å². The van der Waals surface area contributed by atoms with Crippen LogP contribution in [0.15, 0.2) is 36.4 Å². The molecule has 142 valence electrons. The SMILES string of the molecule is Cc1ccc(NC(=O)C(C)(C)C(=O)Nc2ccc3c(c2)OCCO3)cc1C. The van der Waals surface area contributed by atoms with E-state index in [2.05, 4.69) is 10.6 Å². The van der Waals surface area contributed by atoms with E-state index in [1.165, 1.54) is 0 Å². The van der Waals surface area contributed by atoms with Gasteiger partial charge in [-0.25, -0.2) is 0 Å². The normalized spacial score (nSPS) is 13.0. The number of rotatable bonds is 4. The maximum atomic E-state index is 12.7. The van der Waals surface area contributed by atoms with Gasteiger partial charge in [-0.1, -0.05) is 6.07 Å². The van der Waals surface area contributed by atoms with Crippen LogP contribution in [-0.2, 0) is 9.59 Å².